The van der Waals surface area contributed by atoms with E-state index in [1.807, 2.05) is 79.7 Å². The molecule has 0 heterocycles. The number of fused-ring (bicyclic) bond motifs is 1. The fraction of sp³-hybridized carbons (Fsp3) is 0.171. The summed E-state index contributed by atoms with van der Waals surface area (Å²) in [5.41, 5.74) is 3.01. The van der Waals surface area contributed by atoms with Crippen LogP contribution in [-0.2, 0) is 8.99 Å². The van der Waals surface area contributed by atoms with Crippen LogP contribution in [0.15, 0.2) is 141 Å². The van der Waals surface area contributed by atoms with Crippen LogP contribution in [0.4, 0.5) is 0 Å². The van der Waals surface area contributed by atoms with Gasteiger partial charge in [-0.25, -0.2) is 0 Å². The summed E-state index contributed by atoms with van der Waals surface area (Å²) in [6.45, 7) is 15.1. The Labute approximate surface area is 270 Å². The number of hydrogen-bond donors (Lipinski definition) is 0. The minimum atomic E-state index is -3.14. The Hall–Kier alpha value is -4.19. The van der Waals surface area contributed by atoms with Crippen molar-refractivity contribution >= 4 is 47.3 Å². The Morgan fingerprint density at radius 3 is 1.87 bits per heavy atom. The molecule has 0 fully saturated rings. The zero-order chi connectivity index (χ0) is 31.9. The lowest BCUT2D eigenvalue weighted by molar-refractivity contribution is 0.333. The first-order valence-corrected chi connectivity index (χ1v) is 19.7. The molecule has 0 unspecified atom stereocenters. The highest BCUT2D eigenvalue weighted by Crippen LogP contribution is 2.46. The average molecular weight is 625 g/mol. The number of benzene rings is 5. The Morgan fingerprint density at radius 1 is 0.733 bits per heavy atom. The van der Waals surface area contributed by atoms with Crippen LogP contribution < -0.4 is 21.1 Å². The van der Waals surface area contributed by atoms with E-state index in [9.17, 15) is 0 Å². The Bertz CT molecular complexity index is 1850. The van der Waals surface area contributed by atoms with Crippen molar-refractivity contribution in [3.8, 4) is 11.8 Å². The molecule has 4 heteroatoms. The van der Waals surface area contributed by atoms with Crippen LogP contribution in [0.3, 0.4) is 0 Å². The van der Waals surface area contributed by atoms with Crippen LogP contribution in [0.25, 0.3) is 10.8 Å². The van der Waals surface area contributed by atoms with E-state index < -0.39 is 15.5 Å². The lowest BCUT2D eigenvalue weighted by Gasteiger charge is -2.29. The van der Waals surface area contributed by atoms with Gasteiger partial charge in [0.15, 0.2) is 7.14 Å². The summed E-state index contributed by atoms with van der Waals surface area (Å²) in [7, 11) is -5.35. The molecule has 5 aromatic carbocycles. The topological polar surface area (TPSA) is 26.3 Å². The standard InChI is InChI=1S/C41H41O2PSi/c1-6-30-45(31-7-2,43-8-3)37-26-23-33(24-27-37)22-25-34-16-15-21-39-38(34)28-29-40(41(39)32(4)5)44(42,35-17-11-9-12-18-35)36-19-13-10-14-20-36/h6-7,9-21,23-24,26-29,32H,1-2,8,30-31H2,3-5H3. The molecule has 0 amide bonds. The van der Waals surface area contributed by atoms with Gasteiger partial charge in [-0.3, -0.25) is 0 Å². The van der Waals surface area contributed by atoms with Crippen LogP contribution >= 0.6 is 7.14 Å². The predicted octanol–water partition coefficient (Wildman–Crippen LogP) is 8.56. The maximum Gasteiger partial charge on any atom is 0.231 e. The second-order valence-corrected chi connectivity index (χ2v) is 18.0. The van der Waals surface area contributed by atoms with Gasteiger partial charge in [0.05, 0.1) is 0 Å². The van der Waals surface area contributed by atoms with Crippen LogP contribution in [0.1, 0.15) is 43.4 Å². The van der Waals surface area contributed by atoms with E-state index in [4.69, 9.17) is 4.43 Å². The van der Waals surface area contributed by atoms with Crippen molar-refractivity contribution in [2.75, 3.05) is 6.61 Å². The van der Waals surface area contributed by atoms with Gasteiger partial charge < -0.3 is 8.99 Å². The molecule has 5 rings (SSSR count). The van der Waals surface area contributed by atoms with Crippen LogP contribution in [0.2, 0.25) is 12.1 Å². The predicted molar refractivity (Wildman–Crippen MR) is 197 cm³/mol. The molecule has 0 aliphatic heterocycles. The van der Waals surface area contributed by atoms with Gasteiger partial charge in [-0.15, -0.1) is 13.2 Å². The Balaban J connectivity index is 1.60. The van der Waals surface area contributed by atoms with Crippen molar-refractivity contribution in [3.05, 3.63) is 157 Å². The summed E-state index contributed by atoms with van der Waals surface area (Å²) in [5, 5.41) is 5.97. The average Bonchev–Trinajstić information content (AvgIpc) is 3.07. The quantitative estimate of drug-likeness (QED) is 0.0637. The minimum absolute atomic E-state index is 0.154. The van der Waals surface area contributed by atoms with E-state index >= 15 is 4.57 Å². The number of hydrogen-bond acceptors (Lipinski definition) is 2. The van der Waals surface area contributed by atoms with E-state index in [1.54, 1.807) is 0 Å². The first-order valence-electron chi connectivity index (χ1n) is 15.6. The van der Waals surface area contributed by atoms with Crippen LogP contribution in [-0.4, -0.2) is 14.9 Å². The molecule has 0 atom stereocenters. The second kappa shape index (κ2) is 14.3. The summed E-state index contributed by atoms with van der Waals surface area (Å²) in [5.74, 6) is 7.01. The molecule has 5 aromatic rings. The van der Waals surface area contributed by atoms with Gasteiger partial charge in [0.2, 0.25) is 8.32 Å². The van der Waals surface area contributed by atoms with E-state index in [0.717, 1.165) is 55.5 Å². The van der Waals surface area contributed by atoms with Gasteiger partial charge in [0, 0.05) is 33.6 Å². The monoisotopic (exact) mass is 624 g/mol. The van der Waals surface area contributed by atoms with Gasteiger partial charge in [0.1, 0.15) is 0 Å². The highest BCUT2D eigenvalue weighted by molar-refractivity contribution is 7.85. The summed E-state index contributed by atoms with van der Waals surface area (Å²) in [6.07, 6.45) is 3.93. The number of rotatable bonds is 11. The molecule has 0 spiro atoms. The summed E-state index contributed by atoms with van der Waals surface area (Å²) < 4.78 is 21.7. The second-order valence-electron chi connectivity index (χ2n) is 11.6. The first kappa shape index (κ1) is 32.2. The summed E-state index contributed by atoms with van der Waals surface area (Å²) in [6, 6.07) is 40.5. The van der Waals surface area contributed by atoms with Crippen molar-refractivity contribution in [3.63, 3.8) is 0 Å². The Morgan fingerprint density at radius 2 is 1.33 bits per heavy atom. The molecule has 0 bridgehead atoms. The molecule has 226 valence electrons. The molecule has 0 saturated heterocycles. The van der Waals surface area contributed by atoms with Crippen LogP contribution in [0, 0.1) is 11.8 Å². The molecule has 0 aliphatic carbocycles. The maximum absolute atomic E-state index is 15.4. The van der Waals surface area contributed by atoms with Gasteiger partial charge in [-0.2, -0.15) is 0 Å². The summed E-state index contributed by atoms with van der Waals surface area (Å²) >= 11 is 0. The van der Waals surface area contributed by atoms with E-state index in [2.05, 4.69) is 93.4 Å². The van der Waals surface area contributed by atoms with Gasteiger partial charge >= 0.3 is 0 Å². The zero-order valence-electron chi connectivity index (χ0n) is 26.5. The van der Waals surface area contributed by atoms with Crippen LogP contribution in [0.5, 0.6) is 0 Å². The molecule has 2 nitrogen and oxygen atoms in total. The fourth-order valence-corrected chi connectivity index (χ4v) is 12.7. The van der Waals surface area contributed by atoms with Crippen molar-refractivity contribution in [1.82, 2.24) is 0 Å². The van der Waals surface area contributed by atoms with Crippen molar-refractivity contribution in [1.29, 1.82) is 0 Å². The molecular formula is C41H41O2PSi. The lowest BCUT2D eigenvalue weighted by Crippen LogP contribution is -2.50. The molecule has 0 N–H and O–H groups in total. The lowest BCUT2D eigenvalue weighted by atomic mass is 9.93. The fourth-order valence-electron chi connectivity index (χ4n) is 6.32. The third-order valence-corrected chi connectivity index (χ3v) is 15.6. The highest BCUT2D eigenvalue weighted by atomic mass is 31.2. The third kappa shape index (κ3) is 6.47. The van der Waals surface area contributed by atoms with Gasteiger partial charge in [0.25, 0.3) is 0 Å². The van der Waals surface area contributed by atoms with E-state index in [0.29, 0.717) is 6.61 Å². The maximum atomic E-state index is 15.4. The van der Waals surface area contributed by atoms with Crippen molar-refractivity contribution in [2.45, 2.75) is 38.8 Å². The van der Waals surface area contributed by atoms with Crippen molar-refractivity contribution in [2.24, 2.45) is 0 Å². The van der Waals surface area contributed by atoms with Crippen molar-refractivity contribution < 1.29 is 8.99 Å². The number of allylic oxidation sites excluding steroid dienone is 2. The SMILES string of the molecule is C=CC[Si](CC=C)(OCC)c1ccc(C#Cc2cccc3c(C(C)C)c(P(=O)(c4ccccc4)c4ccccc4)ccc23)cc1. The molecular weight excluding hydrogens is 584 g/mol. The third-order valence-electron chi connectivity index (χ3n) is 8.36. The molecule has 0 radical (unpaired) electrons. The smallest absolute Gasteiger partial charge is 0.231 e. The van der Waals surface area contributed by atoms with E-state index in [1.165, 1.54) is 5.19 Å². The summed E-state index contributed by atoms with van der Waals surface area (Å²) in [4.78, 5) is 0. The Kier molecular flexibility index (Phi) is 10.2. The molecule has 0 aromatic heterocycles. The largest absolute Gasteiger partial charge is 0.412 e. The van der Waals surface area contributed by atoms with E-state index in [-0.39, 0.29) is 5.92 Å². The zero-order valence-corrected chi connectivity index (χ0v) is 28.4. The molecule has 0 aliphatic rings. The highest BCUT2D eigenvalue weighted by Gasteiger charge is 2.35. The van der Waals surface area contributed by atoms with Gasteiger partial charge in [-0.1, -0.05) is 129 Å². The normalized spacial score (nSPS) is 11.6. The van der Waals surface area contributed by atoms with Gasteiger partial charge in [-0.05, 0) is 70.7 Å². The minimum Gasteiger partial charge on any atom is -0.412 e. The molecule has 45 heavy (non-hydrogen) atoms. The first-order chi connectivity index (χ1) is 21.9. The molecule has 0 saturated carbocycles.